The van der Waals surface area contributed by atoms with E-state index in [1.165, 1.54) is 6.07 Å². The summed E-state index contributed by atoms with van der Waals surface area (Å²) in [5, 5.41) is 3.26. The molecule has 1 N–H and O–H groups in total. The average molecular weight is 213 g/mol. The molecule has 2 nitrogen and oxygen atoms in total. The van der Waals surface area contributed by atoms with Gasteiger partial charge in [-0.1, -0.05) is 6.07 Å². The third-order valence-corrected chi connectivity index (χ3v) is 2.46. The molecule has 1 saturated heterocycles. The monoisotopic (exact) mass is 213 g/mol. The maximum Gasteiger partial charge on any atom is 0.159 e. The van der Waals surface area contributed by atoms with Gasteiger partial charge in [-0.2, -0.15) is 0 Å². The topological polar surface area (TPSA) is 21.3 Å². The van der Waals surface area contributed by atoms with Gasteiger partial charge in [-0.3, -0.25) is 0 Å². The Bertz CT molecular complexity index is 337. The molecule has 0 unspecified atom stereocenters. The maximum atomic E-state index is 12.9. The molecule has 1 aliphatic heterocycles. The Balaban J connectivity index is 2.00. The van der Waals surface area contributed by atoms with Crippen LogP contribution in [0.1, 0.15) is 5.56 Å². The van der Waals surface area contributed by atoms with Gasteiger partial charge < -0.3 is 10.1 Å². The van der Waals surface area contributed by atoms with Crippen molar-refractivity contribution in [3.63, 3.8) is 0 Å². The van der Waals surface area contributed by atoms with Crippen LogP contribution in [0.3, 0.4) is 0 Å². The van der Waals surface area contributed by atoms with Gasteiger partial charge in [-0.25, -0.2) is 8.78 Å². The van der Waals surface area contributed by atoms with Crippen molar-refractivity contribution in [1.29, 1.82) is 0 Å². The second-order valence-corrected chi connectivity index (χ2v) is 3.68. The number of hydrogen-bond donors (Lipinski definition) is 1. The van der Waals surface area contributed by atoms with E-state index in [0.29, 0.717) is 19.6 Å². The summed E-state index contributed by atoms with van der Waals surface area (Å²) in [6.07, 6.45) is 0.664. The molecular weight excluding hydrogens is 200 g/mol. The Morgan fingerprint density at radius 2 is 2.20 bits per heavy atom. The lowest BCUT2D eigenvalue weighted by molar-refractivity contribution is 0.0770. The minimum absolute atomic E-state index is 0.198. The summed E-state index contributed by atoms with van der Waals surface area (Å²) in [5.41, 5.74) is 0.789. The summed E-state index contributed by atoms with van der Waals surface area (Å²) >= 11 is 0. The Morgan fingerprint density at radius 3 is 2.87 bits per heavy atom. The van der Waals surface area contributed by atoms with E-state index < -0.39 is 11.6 Å². The van der Waals surface area contributed by atoms with Gasteiger partial charge in [0.1, 0.15) is 0 Å². The lowest BCUT2D eigenvalue weighted by Crippen LogP contribution is -2.42. The highest BCUT2D eigenvalue weighted by atomic mass is 19.2. The molecule has 0 aromatic heterocycles. The zero-order chi connectivity index (χ0) is 10.7. The number of benzene rings is 1. The molecule has 0 bridgehead atoms. The molecule has 1 aliphatic rings. The molecule has 1 aromatic rings. The van der Waals surface area contributed by atoms with Crippen LogP contribution in [0.5, 0.6) is 0 Å². The summed E-state index contributed by atoms with van der Waals surface area (Å²) in [6.45, 7) is 2.15. The zero-order valence-corrected chi connectivity index (χ0v) is 8.30. The first kappa shape index (κ1) is 10.5. The van der Waals surface area contributed by atoms with Crippen LogP contribution >= 0.6 is 0 Å². The zero-order valence-electron chi connectivity index (χ0n) is 8.30. The van der Waals surface area contributed by atoms with E-state index >= 15 is 0 Å². The summed E-state index contributed by atoms with van der Waals surface area (Å²) in [4.78, 5) is 0. The molecule has 82 valence electrons. The Morgan fingerprint density at radius 1 is 1.33 bits per heavy atom. The molecule has 1 fully saturated rings. The molecule has 0 amide bonds. The molecule has 1 atom stereocenters. The third-order valence-electron chi connectivity index (χ3n) is 2.46. The first-order chi connectivity index (χ1) is 7.25. The molecule has 2 rings (SSSR count). The fourth-order valence-corrected chi connectivity index (χ4v) is 1.70. The average Bonchev–Trinajstić information content (AvgIpc) is 2.25. The first-order valence-electron chi connectivity index (χ1n) is 5.01. The van der Waals surface area contributed by atoms with Crippen LogP contribution in [0, 0.1) is 11.6 Å². The maximum absolute atomic E-state index is 12.9. The van der Waals surface area contributed by atoms with Gasteiger partial charge >= 0.3 is 0 Å². The van der Waals surface area contributed by atoms with Crippen LogP contribution in [0.25, 0.3) is 0 Å². The molecule has 0 radical (unpaired) electrons. The van der Waals surface area contributed by atoms with Crippen LogP contribution in [-0.2, 0) is 11.2 Å². The van der Waals surface area contributed by atoms with Crippen molar-refractivity contribution in [1.82, 2.24) is 5.32 Å². The lowest BCUT2D eigenvalue weighted by atomic mass is 10.1. The van der Waals surface area contributed by atoms with Crippen molar-refractivity contribution >= 4 is 0 Å². The third kappa shape index (κ3) is 2.73. The highest BCUT2D eigenvalue weighted by molar-refractivity contribution is 5.18. The summed E-state index contributed by atoms with van der Waals surface area (Å²) < 4.78 is 30.8. The molecule has 0 spiro atoms. The van der Waals surface area contributed by atoms with Gasteiger partial charge in [0, 0.05) is 12.6 Å². The van der Waals surface area contributed by atoms with Crippen molar-refractivity contribution in [2.75, 3.05) is 19.8 Å². The van der Waals surface area contributed by atoms with Crippen molar-refractivity contribution in [3.05, 3.63) is 35.4 Å². The van der Waals surface area contributed by atoms with Gasteiger partial charge in [0.2, 0.25) is 0 Å². The molecule has 1 aromatic carbocycles. The largest absolute Gasteiger partial charge is 0.379 e. The van der Waals surface area contributed by atoms with Gasteiger partial charge in [-0.05, 0) is 24.1 Å². The number of rotatable bonds is 2. The smallest absolute Gasteiger partial charge is 0.159 e. The SMILES string of the molecule is Fc1ccc(C[C@@H]2COCCN2)cc1F. The van der Waals surface area contributed by atoms with Crippen LogP contribution in [0.4, 0.5) is 8.78 Å². The number of morpholine rings is 1. The number of ether oxygens (including phenoxy) is 1. The number of halogens is 2. The second kappa shape index (κ2) is 4.68. The van der Waals surface area contributed by atoms with E-state index in [9.17, 15) is 8.78 Å². The highest BCUT2D eigenvalue weighted by Crippen LogP contribution is 2.11. The quantitative estimate of drug-likeness (QED) is 0.803. The number of hydrogen-bond acceptors (Lipinski definition) is 2. The number of nitrogens with one attached hydrogen (secondary N) is 1. The van der Waals surface area contributed by atoms with Gasteiger partial charge in [0.05, 0.1) is 13.2 Å². The van der Waals surface area contributed by atoms with E-state index in [4.69, 9.17) is 4.74 Å². The molecular formula is C11H13F2NO. The van der Waals surface area contributed by atoms with Gasteiger partial charge in [0.25, 0.3) is 0 Å². The van der Waals surface area contributed by atoms with Crippen molar-refractivity contribution in [2.45, 2.75) is 12.5 Å². The van der Waals surface area contributed by atoms with E-state index in [1.807, 2.05) is 0 Å². The molecule has 0 aliphatic carbocycles. The van der Waals surface area contributed by atoms with Crippen LogP contribution in [0.2, 0.25) is 0 Å². The molecule has 1 heterocycles. The van der Waals surface area contributed by atoms with E-state index in [-0.39, 0.29) is 6.04 Å². The van der Waals surface area contributed by atoms with Crippen molar-refractivity contribution in [2.24, 2.45) is 0 Å². The fraction of sp³-hybridized carbons (Fsp3) is 0.455. The normalized spacial score (nSPS) is 21.6. The Hall–Kier alpha value is -1.00. The standard InChI is InChI=1S/C11H13F2NO/c12-10-2-1-8(6-11(10)13)5-9-7-15-4-3-14-9/h1-2,6,9,14H,3-5,7H2/t9-/m1/s1. The molecule has 15 heavy (non-hydrogen) atoms. The second-order valence-electron chi connectivity index (χ2n) is 3.68. The molecule has 4 heteroatoms. The van der Waals surface area contributed by atoms with E-state index in [2.05, 4.69) is 5.32 Å². The van der Waals surface area contributed by atoms with E-state index in [0.717, 1.165) is 18.2 Å². The van der Waals surface area contributed by atoms with Crippen LogP contribution in [0.15, 0.2) is 18.2 Å². The van der Waals surface area contributed by atoms with Gasteiger partial charge in [-0.15, -0.1) is 0 Å². The Labute approximate surface area is 87.2 Å². The molecule has 0 saturated carbocycles. The Kier molecular flexibility index (Phi) is 3.28. The lowest BCUT2D eigenvalue weighted by Gasteiger charge is -2.23. The summed E-state index contributed by atoms with van der Waals surface area (Å²) in [6, 6.07) is 4.21. The van der Waals surface area contributed by atoms with Crippen LogP contribution < -0.4 is 5.32 Å². The predicted molar refractivity (Wildman–Crippen MR) is 52.7 cm³/mol. The summed E-state index contributed by atoms with van der Waals surface area (Å²) in [7, 11) is 0. The highest BCUT2D eigenvalue weighted by Gasteiger charge is 2.14. The van der Waals surface area contributed by atoms with E-state index in [1.54, 1.807) is 6.07 Å². The summed E-state index contributed by atoms with van der Waals surface area (Å²) in [5.74, 6) is -1.59. The van der Waals surface area contributed by atoms with Gasteiger partial charge in [0.15, 0.2) is 11.6 Å². The minimum Gasteiger partial charge on any atom is -0.379 e. The van der Waals surface area contributed by atoms with Crippen molar-refractivity contribution in [3.8, 4) is 0 Å². The van der Waals surface area contributed by atoms with Crippen LogP contribution in [-0.4, -0.2) is 25.8 Å². The minimum atomic E-state index is -0.799. The predicted octanol–water partition coefficient (Wildman–Crippen LogP) is 1.50. The fourth-order valence-electron chi connectivity index (χ4n) is 1.70. The van der Waals surface area contributed by atoms with Crippen molar-refractivity contribution < 1.29 is 13.5 Å². The first-order valence-corrected chi connectivity index (χ1v) is 5.01.